The van der Waals surface area contributed by atoms with Crippen LogP contribution in [0.4, 0.5) is 11.5 Å². The molecule has 1 aliphatic heterocycles. The molecular formula is C18H15Cl2N3O2. The van der Waals surface area contributed by atoms with E-state index in [1.807, 2.05) is 12.1 Å². The Kier molecular flexibility index (Phi) is 3.90. The number of methoxy groups -OCH3 is 2. The molecule has 5 nitrogen and oxygen atoms in total. The van der Waals surface area contributed by atoms with Crippen LogP contribution in [0.3, 0.4) is 0 Å². The van der Waals surface area contributed by atoms with E-state index in [1.165, 1.54) is 0 Å². The van der Waals surface area contributed by atoms with Crippen LogP contribution >= 0.6 is 23.2 Å². The van der Waals surface area contributed by atoms with Crippen LogP contribution < -0.4 is 14.8 Å². The Morgan fingerprint density at radius 2 is 1.68 bits per heavy atom. The first-order chi connectivity index (χ1) is 12.1. The fourth-order valence-electron chi connectivity index (χ4n) is 2.95. The summed E-state index contributed by atoms with van der Waals surface area (Å²) in [6.07, 6.45) is 0. The van der Waals surface area contributed by atoms with Crippen molar-refractivity contribution in [2.45, 2.75) is 0 Å². The fourth-order valence-corrected chi connectivity index (χ4v) is 3.29. The van der Waals surface area contributed by atoms with Crippen molar-refractivity contribution in [3.63, 3.8) is 0 Å². The zero-order valence-corrected chi connectivity index (χ0v) is 15.0. The van der Waals surface area contributed by atoms with E-state index >= 15 is 0 Å². The third-order valence-corrected chi connectivity index (χ3v) is 4.73. The Labute approximate surface area is 154 Å². The van der Waals surface area contributed by atoms with Gasteiger partial charge in [-0.25, -0.2) is 0 Å². The van der Waals surface area contributed by atoms with E-state index in [0.29, 0.717) is 21.5 Å². The van der Waals surface area contributed by atoms with Gasteiger partial charge in [0.25, 0.3) is 0 Å². The molecule has 7 heteroatoms. The van der Waals surface area contributed by atoms with Gasteiger partial charge >= 0.3 is 0 Å². The lowest BCUT2D eigenvalue weighted by Gasteiger charge is -2.07. The number of hydrogen-bond acceptors (Lipinski definition) is 3. The molecule has 0 atom stereocenters. The van der Waals surface area contributed by atoms with Gasteiger partial charge in [-0.3, -0.25) is 10.2 Å². The van der Waals surface area contributed by atoms with Gasteiger partial charge in [0.15, 0.2) is 11.5 Å². The molecule has 0 saturated heterocycles. The summed E-state index contributed by atoms with van der Waals surface area (Å²) >= 11 is 12.3. The van der Waals surface area contributed by atoms with Gasteiger partial charge in [0.2, 0.25) is 0 Å². The summed E-state index contributed by atoms with van der Waals surface area (Å²) in [5.41, 5.74) is 2.70. The third-order valence-electron chi connectivity index (χ3n) is 4.16. The molecule has 4 rings (SSSR count). The Hall–Kier alpha value is -2.50. The molecule has 0 fully saturated rings. The van der Waals surface area contributed by atoms with Crippen LogP contribution in [0, 0.1) is 0 Å². The van der Waals surface area contributed by atoms with Crippen LogP contribution in [0.25, 0.3) is 22.0 Å². The fraction of sp³-hybridized carbons (Fsp3) is 0.111. The van der Waals surface area contributed by atoms with Crippen molar-refractivity contribution >= 4 is 45.5 Å². The van der Waals surface area contributed by atoms with Crippen LogP contribution in [-0.2, 0) is 0 Å². The lowest BCUT2D eigenvalue weighted by molar-refractivity contribution is 0.356. The number of fused-ring (bicyclic) bond motifs is 3. The van der Waals surface area contributed by atoms with E-state index in [1.54, 1.807) is 32.4 Å². The number of nitrogens with one attached hydrogen (secondary N) is 3. The summed E-state index contributed by atoms with van der Waals surface area (Å²) in [7, 11) is 3.25. The van der Waals surface area contributed by atoms with Gasteiger partial charge in [0.1, 0.15) is 5.82 Å². The number of H-pyrrole nitrogens is 2. The number of rotatable bonds is 4. The van der Waals surface area contributed by atoms with Crippen LogP contribution in [-0.4, -0.2) is 24.4 Å². The molecule has 0 amide bonds. The van der Waals surface area contributed by atoms with Crippen molar-refractivity contribution in [3.05, 3.63) is 46.4 Å². The standard InChI is InChI=1S/C18H15Cl2N3O2/c1-24-15-6-9-5-12-17(11(9)8-16(15)25-2)22-23-18(12)21-14-7-10(19)3-4-13(14)20/h3-8,21-23H,1-2H3. The number of benzene rings is 2. The van der Waals surface area contributed by atoms with Gasteiger partial charge in [0, 0.05) is 16.0 Å². The molecule has 3 N–H and O–H groups in total. The van der Waals surface area contributed by atoms with Gasteiger partial charge in [-0.2, -0.15) is 0 Å². The largest absolute Gasteiger partial charge is 0.493 e. The first kappa shape index (κ1) is 16.0. The molecule has 0 bridgehead atoms. The minimum atomic E-state index is 0.589. The number of aromatic amines is 2. The number of anilines is 2. The number of aromatic nitrogens is 2. The lowest BCUT2D eigenvalue weighted by Crippen LogP contribution is -1.92. The molecule has 2 aliphatic rings. The molecule has 0 spiro atoms. The summed E-state index contributed by atoms with van der Waals surface area (Å²) in [4.78, 5) is 0. The highest BCUT2D eigenvalue weighted by molar-refractivity contribution is 6.35. The predicted octanol–water partition coefficient (Wildman–Crippen LogP) is 5.67. The molecule has 0 aromatic heterocycles. The van der Waals surface area contributed by atoms with Crippen molar-refractivity contribution in [2.75, 3.05) is 19.5 Å². The van der Waals surface area contributed by atoms with Crippen molar-refractivity contribution < 1.29 is 9.47 Å². The maximum atomic E-state index is 6.24. The molecule has 2 aromatic rings. The van der Waals surface area contributed by atoms with Crippen LogP contribution in [0.5, 0.6) is 11.5 Å². The summed E-state index contributed by atoms with van der Waals surface area (Å²) in [6, 6.07) is 11.3. The Balaban J connectivity index is 1.80. The molecule has 2 aromatic carbocycles. The average Bonchev–Trinajstić information content (AvgIpc) is 3.16. The van der Waals surface area contributed by atoms with E-state index < -0.39 is 0 Å². The highest BCUT2D eigenvalue weighted by Crippen LogP contribution is 2.43. The summed E-state index contributed by atoms with van der Waals surface area (Å²) < 4.78 is 10.8. The van der Waals surface area contributed by atoms with Gasteiger partial charge < -0.3 is 14.8 Å². The highest BCUT2D eigenvalue weighted by Gasteiger charge is 2.19. The Morgan fingerprint density at radius 3 is 2.44 bits per heavy atom. The molecule has 0 saturated carbocycles. The molecular weight excluding hydrogens is 361 g/mol. The minimum Gasteiger partial charge on any atom is -0.493 e. The van der Waals surface area contributed by atoms with Crippen molar-refractivity contribution in [2.24, 2.45) is 0 Å². The van der Waals surface area contributed by atoms with Gasteiger partial charge in [0.05, 0.1) is 30.6 Å². The number of ether oxygens (including phenoxy) is 2. The predicted molar refractivity (Wildman–Crippen MR) is 102 cm³/mol. The van der Waals surface area contributed by atoms with E-state index in [2.05, 4.69) is 21.6 Å². The van der Waals surface area contributed by atoms with Gasteiger partial charge in [-0.05, 0) is 41.8 Å². The van der Waals surface area contributed by atoms with E-state index in [-0.39, 0.29) is 0 Å². The number of halogens is 2. The third kappa shape index (κ3) is 2.65. The SMILES string of the molecule is COc1cc2cc3c(Nc4cc(Cl)ccc4Cl)[nH][nH]c-3c2cc1OC. The monoisotopic (exact) mass is 375 g/mol. The van der Waals surface area contributed by atoms with Gasteiger partial charge in [-0.15, -0.1) is 0 Å². The summed E-state index contributed by atoms with van der Waals surface area (Å²) in [6.45, 7) is 0. The average molecular weight is 376 g/mol. The van der Waals surface area contributed by atoms with Gasteiger partial charge in [-0.1, -0.05) is 23.2 Å². The topological polar surface area (TPSA) is 62.1 Å². The first-order valence-electron chi connectivity index (χ1n) is 7.57. The van der Waals surface area contributed by atoms with E-state index in [0.717, 1.165) is 33.5 Å². The second-order valence-electron chi connectivity index (χ2n) is 5.60. The molecule has 1 aliphatic carbocycles. The van der Waals surface area contributed by atoms with Crippen molar-refractivity contribution in [3.8, 4) is 22.8 Å². The maximum Gasteiger partial charge on any atom is 0.161 e. The zero-order valence-electron chi connectivity index (χ0n) is 13.5. The molecule has 0 unspecified atom stereocenters. The molecule has 25 heavy (non-hydrogen) atoms. The smallest absolute Gasteiger partial charge is 0.161 e. The lowest BCUT2D eigenvalue weighted by atomic mass is 10.2. The second kappa shape index (κ2) is 6.10. The zero-order chi connectivity index (χ0) is 17.6. The van der Waals surface area contributed by atoms with E-state index in [9.17, 15) is 0 Å². The molecule has 1 heterocycles. The van der Waals surface area contributed by atoms with E-state index in [4.69, 9.17) is 32.7 Å². The Morgan fingerprint density at radius 1 is 0.920 bits per heavy atom. The Bertz CT molecular complexity index is 1040. The number of hydrogen-bond donors (Lipinski definition) is 3. The van der Waals surface area contributed by atoms with Crippen molar-refractivity contribution in [1.82, 2.24) is 10.2 Å². The summed E-state index contributed by atoms with van der Waals surface area (Å²) in [5.74, 6) is 2.18. The molecule has 0 radical (unpaired) electrons. The normalized spacial score (nSPS) is 11.2. The summed E-state index contributed by atoms with van der Waals surface area (Å²) in [5, 5.41) is 12.9. The highest BCUT2D eigenvalue weighted by atomic mass is 35.5. The maximum absolute atomic E-state index is 6.24. The van der Waals surface area contributed by atoms with Crippen LogP contribution in [0.1, 0.15) is 0 Å². The molecule has 128 valence electrons. The van der Waals surface area contributed by atoms with Crippen LogP contribution in [0.2, 0.25) is 10.0 Å². The van der Waals surface area contributed by atoms with Crippen LogP contribution in [0.15, 0.2) is 36.4 Å². The van der Waals surface area contributed by atoms with Crippen molar-refractivity contribution in [1.29, 1.82) is 0 Å². The minimum absolute atomic E-state index is 0.589. The first-order valence-corrected chi connectivity index (χ1v) is 8.33. The quantitative estimate of drug-likeness (QED) is 0.430. The second-order valence-corrected chi connectivity index (χ2v) is 6.45.